The topological polar surface area (TPSA) is 3.24 Å². The molecule has 0 amide bonds. The Labute approximate surface area is 126 Å². The number of likely N-dealkylation sites (N-methyl/N-ethyl adjacent to an activating group) is 1. The van der Waals surface area contributed by atoms with Crippen LogP contribution in [-0.4, -0.2) is 18.0 Å². The van der Waals surface area contributed by atoms with E-state index in [-0.39, 0.29) is 0 Å². The molecule has 0 spiro atoms. The number of allylic oxidation sites excluding steroid dienone is 5. The second-order valence-electron chi connectivity index (χ2n) is 4.75. The van der Waals surface area contributed by atoms with Crippen molar-refractivity contribution in [2.45, 2.75) is 54.9 Å². The van der Waals surface area contributed by atoms with Crippen LogP contribution in [0.25, 0.3) is 0 Å². The molecule has 0 unspecified atom stereocenters. The summed E-state index contributed by atoms with van der Waals surface area (Å²) in [6.45, 7) is 16.9. The fraction of sp³-hybridized carbons (Fsp3) is 0.579. The van der Waals surface area contributed by atoms with Gasteiger partial charge in [-0.3, -0.25) is 0 Å². The van der Waals surface area contributed by atoms with Gasteiger partial charge in [0, 0.05) is 18.8 Å². The fourth-order valence-corrected chi connectivity index (χ4v) is 2.26. The Kier molecular flexibility index (Phi) is 9.88. The summed E-state index contributed by atoms with van der Waals surface area (Å²) < 4.78 is 0. The highest BCUT2D eigenvalue weighted by atomic mass is 15.1. The third-order valence-corrected chi connectivity index (χ3v) is 3.40. The molecule has 2 aliphatic rings. The van der Waals surface area contributed by atoms with Gasteiger partial charge >= 0.3 is 0 Å². The van der Waals surface area contributed by atoms with Crippen molar-refractivity contribution in [2.75, 3.05) is 13.1 Å². The average Bonchev–Trinajstić information content (AvgIpc) is 2.73. The second-order valence-corrected chi connectivity index (χ2v) is 4.75. The lowest BCUT2D eigenvalue weighted by molar-refractivity contribution is 0.404. The van der Waals surface area contributed by atoms with E-state index in [4.69, 9.17) is 0 Å². The molecule has 0 atom stereocenters. The largest absolute Gasteiger partial charge is 0.368 e. The van der Waals surface area contributed by atoms with Crippen LogP contribution in [0.3, 0.4) is 0 Å². The van der Waals surface area contributed by atoms with Crippen LogP contribution < -0.4 is 0 Å². The zero-order valence-corrected chi connectivity index (χ0v) is 14.5. The molecule has 1 aliphatic heterocycles. The van der Waals surface area contributed by atoms with Gasteiger partial charge in [-0.2, -0.15) is 0 Å². The van der Waals surface area contributed by atoms with Crippen molar-refractivity contribution in [1.29, 1.82) is 0 Å². The molecule has 0 aromatic heterocycles. The lowest BCUT2D eigenvalue weighted by atomic mass is 9.99. The van der Waals surface area contributed by atoms with Crippen LogP contribution in [0, 0.1) is 5.92 Å². The predicted molar refractivity (Wildman–Crippen MR) is 92.8 cm³/mol. The van der Waals surface area contributed by atoms with Crippen molar-refractivity contribution in [3.05, 3.63) is 47.2 Å². The molecule has 0 saturated heterocycles. The summed E-state index contributed by atoms with van der Waals surface area (Å²) in [7, 11) is 0. The molecule has 0 aromatic carbocycles. The van der Waals surface area contributed by atoms with Gasteiger partial charge in [0.2, 0.25) is 0 Å². The molecule has 1 heterocycles. The Bertz CT molecular complexity index is 381. The molecule has 0 N–H and O–H groups in total. The van der Waals surface area contributed by atoms with E-state index < -0.39 is 0 Å². The fourth-order valence-electron chi connectivity index (χ4n) is 2.26. The molecule has 0 saturated carbocycles. The zero-order valence-electron chi connectivity index (χ0n) is 14.5. The van der Waals surface area contributed by atoms with Crippen molar-refractivity contribution in [2.24, 2.45) is 5.92 Å². The van der Waals surface area contributed by atoms with E-state index >= 15 is 0 Å². The summed E-state index contributed by atoms with van der Waals surface area (Å²) >= 11 is 0. The number of fused-ring (bicyclic) bond motifs is 1. The highest BCUT2D eigenvalue weighted by Crippen LogP contribution is 2.27. The zero-order chi connectivity index (χ0) is 15.5. The number of nitrogens with zero attached hydrogens (tertiary/aromatic N) is 1. The molecular weight excluding hydrogens is 242 g/mol. The third kappa shape index (κ3) is 5.03. The van der Waals surface area contributed by atoms with Crippen molar-refractivity contribution in [3.8, 4) is 0 Å². The van der Waals surface area contributed by atoms with Gasteiger partial charge < -0.3 is 4.90 Å². The molecule has 0 fully saturated rings. The minimum absolute atomic E-state index is 0.646. The highest BCUT2D eigenvalue weighted by molar-refractivity contribution is 5.46. The smallest absolute Gasteiger partial charge is 0.0439 e. The first-order chi connectivity index (χ1) is 9.72. The lowest BCUT2D eigenvalue weighted by Gasteiger charge is -2.28. The molecule has 1 aliphatic carbocycles. The monoisotopic (exact) mass is 275 g/mol. The standard InChI is InChI=1S/C15H21N.2C2H6/c1-4-16-11-5-6-14-8-7-13(12(2)3)9-10-15(14)16;2*1-2/h5-6,8-10,12H,4,7,11H2,1-3H3;2*1-2H3. The summed E-state index contributed by atoms with van der Waals surface area (Å²) in [6.07, 6.45) is 12.6. The van der Waals surface area contributed by atoms with Crippen molar-refractivity contribution >= 4 is 0 Å². The van der Waals surface area contributed by atoms with Gasteiger partial charge in [0.25, 0.3) is 0 Å². The van der Waals surface area contributed by atoms with E-state index in [1.165, 1.54) is 16.8 Å². The quantitative estimate of drug-likeness (QED) is 0.622. The van der Waals surface area contributed by atoms with Gasteiger partial charge in [-0.15, -0.1) is 0 Å². The summed E-state index contributed by atoms with van der Waals surface area (Å²) in [5.41, 5.74) is 4.31. The molecular formula is C19H33N. The van der Waals surface area contributed by atoms with Crippen LogP contribution in [0.15, 0.2) is 47.2 Å². The lowest BCUT2D eigenvalue weighted by Crippen LogP contribution is -2.26. The maximum Gasteiger partial charge on any atom is 0.0439 e. The SMILES string of the molecule is CC.CC.CCN1CC=CC2=CCC(C(C)C)=CC=C21. The van der Waals surface area contributed by atoms with Crippen LogP contribution in [0.5, 0.6) is 0 Å². The first-order valence-corrected chi connectivity index (χ1v) is 8.25. The van der Waals surface area contributed by atoms with Gasteiger partial charge in [0.15, 0.2) is 0 Å². The number of hydrogen-bond donors (Lipinski definition) is 0. The first-order valence-electron chi connectivity index (χ1n) is 8.25. The minimum atomic E-state index is 0.646. The van der Waals surface area contributed by atoms with E-state index in [2.05, 4.69) is 56.1 Å². The highest BCUT2D eigenvalue weighted by Gasteiger charge is 2.15. The minimum Gasteiger partial charge on any atom is -0.368 e. The Hall–Kier alpha value is -1.24. The van der Waals surface area contributed by atoms with Gasteiger partial charge in [-0.05, 0) is 30.9 Å². The Morgan fingerprint density at radius 3 is 2.30 bits per heavy atom. The first kappa shape index (κ1) is 18.8. The third-order valence-electron chi connectivity index (χ3n) is 3.40. The molecule has 2 rings (SSSR count). The molecule has 114 valence electrons. The molecule has 1 nitrogen and oxygen atoms in total. The average molecular weight is 275 g/mol. The summed E-state index contributed by atoms with van der Waals surface area (Å²) in [5.74, 6) is 0.646. The molecule has 0 radical (unpaired) electrons. The molecule has 0 bridgehead atoms. The van der Waals surface area contributed by atoms with Gasteiger partial charge in [0.1, 0.15) is 0 Å². The van der Waals surface area contributed by atoms with Crippen LogP contribution in [0.1, 0.15) is 54.9 Å². The Morgan fingerprint density at radius 1 is 1.10 bits per heavy atom. The Morgan fingerprint density at radius 2 is 1.75 bits per heavy atom. The van der Waals surface area contributed by atoms with E-state index in [9.17, 15) is 0 Å². The maximum absolute atomic E-state index is 2.42. The summed E-state index contributed by atoms with van der Waals surface area (Å²) in [5, 5.41) is 0. The van der Waals surface area contributed by atoms with E-state index in [1.54, 1.807) is 0 Å². The van der Waals surface area contributed by atoms with Gasteiger partial charge in [0.05, 0.1) is 0 Å². The van der Waals surface area contributed by atoms with Gasteiger partial charge in [-0.25, -0.2) is 0 Å². The van der Waals surface area contributed by atoms with Crippen LogP contribution in [0.2, 0.25) is 0 Å². The van der Waals surface area contributed by atoms with Crippen LogP contribution >= 0.6 is 0 Å². The van der Waals surface area contributed by atoms with Gasteiger partial charge in [-0.1, -0.05) is 71.4 Å². The van der Waals surface area contributed by atoms with E-state index in [0.29, 0.717) is 5.92 Å². The molecule has 20 heavy (non-hydrogen) atoms. The maximum atomic E-state index is 2.42. The second kappa shape index (κ2) is 10.5. The summed E-state index contributed by atoms with van der Waals surface area (Å²) in [4.78, 5) is 2.42. The summed E-state index contributed by atoms with van der Waals surface area (Å²) in [6, 6.07) is 0. The van der Waals surface area contributed by atoms with E-state index in [0.717, 1.165) is 19.5 Å². The van der Waals surface area contributed by atoms with Crippen LogP contribution in [-0.2, 0) is 0 Å². The van der Waals surface area contributed by atoms with Crippen LogP contribution in [0.4, 0.5) is 0 Å². The number of hydrogen-bond acceptors (Lipinski definition) is 1. The van der Waals surface area contributed by atoms with E-state index in [1.807, 2.05) is 27.7 Å². The normalized spacial score (nSPS) is 16.6. The number of rotatable bonds is 2. The molecule has 1 heteroatoms. The van der Waals surface area contributed by atoms with Crippen molar-refractivity contribution in [1.82, 2.24) is 4.90 Å². The molecule has 0 aromatic rings. The van der Waals surface area contributed by atoms with Crippen molar-refractivity contribution in [3.63, 3.8) is 0 Å². The predicted octanol–water partition coefficient (Wildman–Crippen LogP) is 5.73. The van der Waals surface area contributed by atoms with Crippen molar-refractivity contribution < 1.29 is 0 Å². The Balaban J connectivity index is 0.000000829.